The molecule has 3 heteroatoms. The van der Waals surface area contributed by atoms with Crippen LogP contribution in [-0.4, -0.2) is 16.3 Å². The van der Waals surface area contributed by atoms with Crippen molar-refractivity contribution in [2.45, 2.75) is 32.6 Å². The molecule has 0 bridgehead atoms. The normalized spacial score (nSPS) is 10.6. The lowest BCUT2D eigenvalue weighted by molar-refractivity contribution is 0.711. The first kappa shape index (κ1) is 13.7. The maximum absolute atomic E-state index is 4.17. The average molecular weight is 257 g/mol. The molecule has 0 spiro atoms. The van der Waals surface area contributed by atoms with Crippen molar-refractivity contribution < 1.29 is 0 Å². The summed E-state index contributed by atoms with van der Waals surface area (Å²) >= 11 is 0. The van der Waals surface area contributed by atoms with Crippen molar-refractivity contribution in [2.24, 2.45) is 7.05 Å². The Balaban J connectivity index is 1.78. The van der Waals surface area contributed by atoms with Crippen LogP contribution in [0.2, 0.25) is 0 Å². The Morgan fingerprint density at radius 1 is 1.11 bits per heavy atom. The van der Waals surface area contributed by atoms with E-state index in [1.165, 1.54) is 36.2 Å². The van der Waals surface area contributed by atoms with Gasteiger partial charge < -0.3 is 5.32 Å². The molecule has 0 fully saturated rings. The lowest BCUT2D eigenvalue weighted by Crippen LogP contribution is -2.08. The van der Waals surface area contributed by atoms with Crippen molar-refractivity contribution in [2.75, 3.05) is 11.9 Å². The predicted octanol–water partition coefficient (Wildman–Crippen LogP) is 3.42. The third-order valence-electron chi connectivity index (χ3n) is 3.41. The molecule has 0 amide bonds. The van der Waals surface area contributed by atoms with Gasteiger partial charge in [-0.3, -0.25) is 4.68 Å². The minimum absolute atomic E-state index is 0.938. The fourth-order valence-corrected chi connectivity index (χ4v) is 2.15. The molecule has 19 heavy (non-hydrogen) atoms. The van der Waals surface area contributed by atoms with Crippen molar-refractivity contribution in [3.63, 3.8) is 0 Å². The summed E-state index contributed by atoms with van der Waals surface area (Å²) in [4.78, 5) is 0. The fourth-order valence-electron chi connectivity index (χ4n) is 2.15. The van der Waals surface area contributed by atoms with E-state index in [0.29, 0.717) is 0 Å². The van der Waals surface area contributed by atoms with Crippen LogP contribution >= 0.6 is 0 Å². The van der Waals surface area contributed by atoms with Gasteiger partial charge in [-0.15, -0.1) is 0 Å². The SMILES string of the molecule is CCCCc1ccc(NCCc2ccnn2C)cc1. The average Bonchev–Trinajstić information content (AvgIpc) is 2.84. The Hall–Kier alpha value is -1.77. The summed E-state index contributed by atoms with van der Waals surface area (Å²) in [5, 5.41) is 7.62. The lowest BCUT2D eigenvalue weighted by Gasteiger charge is -2.07. The van der Waals surface area contributed by atoms with Gasteiger partial charge in [0.05, 0.1) is 0 Å². The monoisotopic (exact) mass is 257 g/mol. The predicted molar refractivity (Wildman–Crippen MR) is 80.5 cm³/mol. The number of unbranched alkanes of at least 4 members (excludes halogenated alkanes) is 1. The largest absolute Gasteiger partial charge is 0.385 e. The zero-order valence-electron chi connectivity index (χ0n) is 11.9. The molecule has 1 aromatic carbocycles. The van der Waals surface area contributed by atoms with E-state index >= 15 is 0 Å². The van der Waals surface area contributed by atoms with Crippen molar-refractivity contribution in [1.29, 1.82) is 0 Å². The Labute approximate surface area is 115 Å². The number of benzene rings is 1. The van der Waals surface area contributed by atoms with Gasteiger partial charge in [-0.05, 0) is 36.6 Å². The van der Waals surface area contributed by atoms with Gasteiger partial charge in [0.2, 0.25) is 0 Å². The van der Waals surface area contributed by atoms with Gasteiger partial charge in [0.25, 0.3) is 0 Å². The standard InChI is InChI=1S/C16H23N3/c1-3-4-5-14-6-8-15(9-7-14)17-12-10-16-11-13-18-19(16)2/h6-9,11,13,17H,3-5,10,12H2,1-2H3. The highest BCUT2D eigenvalue weighted by Crippen LogP contribution is 2.12. The van der Waals surface area contributed by atoms with E-state index in [0.717, 1.165) is 13.0 Å². The summed E-state index contributed by atoms with van der Waals surface area (Å²) in [6.45, 7) is 3.17. The van der Waals surface area contributed by atoms with Crippen LogP contribution in [0.3, 0.4) is 0 Å². The third-order valence-corrected chi connectivity index (χ3v) is 3.41. The maximum atomic E-state index is 4.17. The smallest absolute Gasteiger partial charge is 0.0492 e. The van der Waals surface area contributed by atoms with Gasteiger partial charge in [0.1, 0.15) is 0 Å². The van der Waals surface area contributed by atoms with Crippen LogP contribution in [0, 0.1) is 0 Å². The molecule has 0 radical (unpaired) electrons. The van der Waals surface area contributed by atoms with Crippen molar-refractivity contribution in [3.8, 4) is 0 Å². The van der Waals surface area contributed by atoms with Crippen LogP contribution in [0.1, 0.15) is 31.0 Å². The Morgan fingerprint density at radius 2 is 1.89 bits per heavy atom. The number of aryl methyl sites for hydroxylation is 2. The minimum Gasteiger partial charge on any atom is -0.385 e. The van der Waals surface area contributed by atoms with E-state index < -0.39 is 0 Å². The quantitative estimate of drug-likeness (QED) is 0.823. The number of nitrogens with zero attached hydrogens (tertiary/aromatic N) is 2. The summed E-state index contributed by atoms with van der Waals surface area (Å²) in [5.41, 5.74) is 3.88. The second kappa shape index (κ2) is 6.98. The number of hydrogen-bond donors (Lipinski definition) is 1. The molecule has 0 aliphatic heterocycles. The summed E-state index contributed by atoms with van der Waals surface area (Å²) in [5.74, 6) is 0. The van der Waals surface area contributed by atoms with Crippen LogP contribution < -0.4 is 5.32 Å². The first-order chi connectivity index (χ1) is 9.29. The minimum atomic E-state index is 0.938. The summed E-state index contributed by atoms with van der Waals surface area (Å²) in [6, 6.07) is 10.9. The first-order valence-corrected chi connectivity index (χ1v) is 7.09. The van der Waals surface area contributed by atoms with Gasteiger partial charge in [-0.25, -0.2) is 0 Å². The molecule has 0 atom stereocenters. The number of nitrogens with one attached hydrogen (secondary N) is 1. The molecule has 3 nitrogen and oxygen atoms in total. The molecule has 1 heterocycles. The highest BCUT2D eigenvalue weighted by Gasteiger charge is 1.98. The molecular formula is C16H23N3. The Bertz CT molecular complexity index is 485. The number of anilines is 1. The molecule has 102 valence electrons. The van der Waals surface area contributed by atoms with Gasteiger partial charge >= 0.3 is 0 Å². The topological polar surface area (TPSA) is 29.9 Å². The molecule has 2 rings (SSSR count). The van der Waals surface area contributed by atoms with E-state index in [-0.39, 0.29) is 0 Å². The van der Waals surface area contributed by atoms with Gasteiger partial charge in [0.15, 0.2) is 0 Å². The number of aromatic nitrogens is 2. The van der Waals surface area contributed by atoms with E-state index in [1.54, 1.807) is 0 Å². The van der Waals surface area contributed by atoms with Crippen molar-refractivity contribution in [3.05, 3.63) is 47.8 Å². The fraction of sp³-hybridized carbons (Fsp3) is 0.438. The van der Waals surface area contributed by atoms with Crippen molar-refractivity contribution in [1.82, 2.24) is 9.78 Å². The summed E-state index contributed by atoms with van der Waals surface area (Å²) in [6.07, 6.45) is 6.55. The molecular weight excluding hydrogens is 234 g/mol. The lowest BCUT2D eigenvalue weighted by atomic mass is 10.1. The second-order valence-corrected chi connectivity index (χ2v) is 4.92. The van der Waals surface area contributed by atoms with Gasteiger partial charge in [0, 0.05) is 37.6 Å². The van der Waals surface area contributed by atoms with Crippen LogP contribution in [0.5, 0.6) is 0 Å². The molecule has 0 aliphatic carbocycles. The van der Waals surface area contributed by atoms with Gasteiger partial charge in [-0.2, -0.15) is 5.10 Å². The van der Waals surface area contributed by atoms with E-state index in [2.05, 4.69) is 47.7 Å². The highest BCUT2D eigenvalue weighted by molar-refractivity contribution is 5.44. The Morgan fingerprint density at radius 3 is 2.53 bits per heavy atom. The second-order valence-electron chi connectivity index (χ2n) is 4.92. The maximum Gasteiger partial charge on any atom is 0.0492 e. The van der Waals surface area contributed by atoms with Crippen LogP contribution in [0.4, 0.5) is 5.69 Å². The third kappa shape index (κ3) is 4.12. The zero-order valence-corrected chi connectivity index (χ0v) is 11.9. The van der Waals surface area contributed by atoms with Gasteiger partial charge in [-0.1, -0.05) is 25.5 Å². The molecule has 0 saturated carbocycles. The molecule has 1 aromatic heterocycles. The zero-order chi connectivity index (χ0) is 13.5. The molecule has 0 aliphatic rings. The van der Waals surface area contributed by atoms with Crippen LogP contribution in [0.15, 0.2) is 36.5 Å². The first-order valence-electron chi connectivity index (χ1n) is 7.09. The molecule has 0 saturated heterocycles. The number of rotatable bonds is 7. The summed E-state index contributed by atoms with van der Waals surface area (Å²) in [7, 11) is 1.98. The Kier molecular flexibility index (Phi) is 5.01. The summed E-state index contributed by atoms with van der Waals surface area (Å²) < 4.78 is 1.93. The molecule has 0 unspecified atom stereocenters. The van der Waals surface area contributed by atoms with Crippen LogP contribution in [-0.2, 0) is 19.9 Å². The highest BCUT2D eigenvalue weighted by atomic mass is 15.3. The van der Waals surface area contributed by atoms with E-state index in [4.69, 9.17) is 0 Å². The molecule has 1 N–H and O–H groups in total. The van der Waals surface area contributed by atoms with Crippen molar-refractivity contribution >= 4 is 5.69 Å². The van der Waals surface area contributed by atoms with Crippen LogP contribution in [0.25, 0.3) is 0 Å². The molecule has 2 aromatic rings. The van der Waals surface area contributed by atoms with E-state index in [9.17, 15) is 0 Å². The van der Waals surface area contributed by atoms with E-state index in [1.807, 2.05) is 17.9 Å². The number of hydrogen-bond acceptors (Lipinski definition) is 2.